The van der Waals surface area contributed by atoms with E-state index in [9.17, 15) is 24.0 Å². The Bertz CT molecular complexity index is 1300. The maximum Gasteiger partial charge on any atom is 0.408 e. The van der Waals surface area contributed by atoms with E-state index in [0.29, 0.717) is 11.1 Å². The molecule has 40 heavy (non-hydrogen) atoms. The Morgan fingerprint density at radius 3 is 1.85 bits per heavy atom. The maximum atomic E-state index is 13.4. The molecule has 3 unspecified atom stereocenters. The predicted octanol–water partition coefficient (Wildman–Crippen LogP) is 1.21. The van der Waals surface area contributed by atoms with Crippen LogP contribution in [-0.2, 0) is 43.4 Å². The second-order valence-electron chi connectivity index (χ2n) is 9.03. The smallest absolute Gasteiger partial charge is 0.408 e. The minimum Gasteiger partial charge on any atom is -0.445 e. The molecule has 0 aliphatic carbocycles. The van der Waals surface area contributed by atoms with Gasteiger partial charge in [-0.3, -0.25) is 24.2 Å². The molecule has 3 aromatic rings. The van der Waals surface area contributed by atoms with Crippen molar-refractivity contribution in [2.45, 2.75) is 44.5 Å². The van der Waals surface area contributed by atoms with Crippen LogP contribution in [-0.4, -0.2) is 52.7 Å². The molecule has 3 atom stereocenters. The first-order valence-corrected chi connectivity index (χ1v) is 12.6. The number of benzene rings is 2. The van der Waals surface area contributed by atoms with Gasteiger partial charge in [0, 0.05) is 25.2 Å². The maximum absolute atomic E-state index is 13.4. The Morgan fingerprint density at radius 1 is 0.725 bits per heavy atom. The molecule has 0 saturated carbocycles. The molecular formula is C29H31N5O6. The lowest BCUT2D eigenvalue weighted by atomic mass is 10.00. The molecule has 11 nitrogen and oxygen atoms in total. The van der Waals surface area contributed by atoms with Crippen molar-refractivity contribution in [1.82, 2.24) is 20.9 Å². The Morgan fingerprint density at radius 2 is 1.25 bits per heavy atom. The first kappa shape index (κ1) is 29.5. The molecule has 3 rings (SSSR count). The van der Waals surface area contributed by atoms with Gasteiger partial charge < -0.3 is 26.4 Å². The third-order valence-electron chi connectivity index (χ3n) is 5.92. The van der Waals surface area contributed by atoms with Crippen LogP contribution in [0.2, 0.25) is 0 Å². The zero-order chi connectivity index (χ0) is 28.9. The van der Waals surface area contributed by atoms with E-state index in [1.165, 1.54) is 19.3 Å². The number of carbonyl (C=O) groups excluding carboxylic acids is 5. The number of hydrogen-bond donors (Lipinski definition) is 4. The fraction of sp³-hybridized carbons (Fsp3) is 0.241. The summed E-state index contributed by atoms with van der Waals surface area (Å²) in [6.45, 7) is 1.46. The molecule has 0 saturated heterocycles. The van der Waals surface area contributed by atoms with Gasteiger partial charge in [0.1, 0.15) is 24.7 Å². The lowest BCUT2D eigenvalue weighted by Crippen LogP contribution is -2.57. The minimum atomic E-state index is -1.24. The van der Waals surface area contributed by atoms with E-state index in [2.05, 4.69) is 20.9 Å². The normalized spacial score (nSPS) is 12.7. The van der Waals surface area contributed by atoms with Crippen LogP contribution in [0.5, 0.6) is 0 Å². The van der Waals surface area contributed by atoms with Crippen molar-refractivity contribution in [2.75, 3.05) is 0 Å². The van der Waals surface area contributed by atoms with Gasteiger partial charge in [0.25, 0.3) is 5.91 Å². The molecule has 1 aromatic heterocycles. The molecule has 1 heterocycles. The van der Waals surface area contributed by atoms with Crippen molar-refractivity contribution < 1.29 is 28.7 Å². The molecule has 0 bridgehead atoms. The number of rotatable bonds is 13. The van der Waals surface area contributed by atoms with Crippen LogP contribution in [0.25, 0.3) is 0 Å². The van der Waals surface area contributed by atoms with Crippen LogP contribution in [0.15, 0.2) is 85.2 Å². The quantitative estimate of drug-likeness (QED) is 0.234. The number of primary amides is 1. The number of aromatic nitrogens is 1. The molecule has 0 fully saturated rings. The largest absolute Gasteiger partial charge is 0.445 e. The first-order valence-electron chi connectivity index (χ1n) is 12.6. The lowest BCUT2D eigenvalue weighted by molar-refractivity contribution is -0.138. The molecular weight excluding hydrogens is 514 g/mol. The lowest BCUT2D eigenvalue weighted by Gasteiger charge is -2.24. The van der Waals surface area contributed by atoms with Crippen LogP contribution >= 0.6 is 0 Å². The first-order chi connectivity index (χ1) is 19.2. The fourth-order valence-electron chi connectivity index (χ4n) is 3.77. The van der Waals surface area contributed by atoms with Gasteiger partial charge in [-0.25, -0.2) is 4.79 Å². The van der Waals surface area contributed by atoms with Crippen LogP contribution in [0, 0.1) is 0 Å². The van der Waals surface area contributed by atoms with Gasteiger partial charge in [-0.1, -0.05) is 60.7 Å². The SMILES string of the molecule is CC(NC(=O)OCc1ccccc1)C(=O)NC(Cc1ccncc1)C(=O)NC(Cc1ccccc1)C(=O)C(N)=O. The third kappa shape index (κ3) is 9.35. The number of nitrogens with one attached hydrogen (secondary N) is 3. The van der Waals surface area contributed by atoms with E-state index in [1.807, 2.05) is 18.2 Å². The molecule has 0 aliphatic rings. The summed E-state index contributed by atoms with van der Waals surface area (Å²) in [5, 5.41) is 7.61. The van der Waals surface area contributed by atoms with Crippen molar-refractivity contribution in [3.63, 3.8) is 0 Å². The average molecular weight is 546 g/mol. The Kier molecular flexibility index (Phi) is 10.9. The third-order valence-corrected chi connectivity index (χ3v) is 5.92. The van der Waals surface area contributed by atoms with E-state index >= 15 is 0 Å². The Hall–Kier alpha value is -5.06. The highest BCUT2D eigenvalue weighted by Crippen LogP contribution is 2.08. The van der Waals surface area contributed by atoms with Crippen molar-refractivity contribution in [2.24, 2.45) is 5.73 Å². The van der Waals surface area contributed by atoms with Gasteiger partial charge in [-0.2, -0.15) is 0 Å². The number of carbonyl (C=O) groups is 5. The Balaban J connectivity index is 1.69. The van der Waals surface area contributed by atoms with Crippen LogP contribution in [0.4, 0.5) is 4.79 Å². The second kappa shape index (κ2) is 14.8. The number of hydrogen-bond acceptors (Lipinski definition) is 7. The molecule has 5 N–H and O–H groups in total. The van der Waals surface area contributed by atoms with E-state index in [4.69, 9.17) is 10.5 Å². The van der Waals surface area contributed by atoms with Crippen molar-refractivity contribution in [1.29, 1.82) is 0 Å². The molecule has 0 radical (unpaired) electrons. The monoisotopic (exact) mass is 545 g/mol. The number of ether oxygens (including phenoxy) is 1. The number of amides is 4. The van der Waals surface area contributed by atoms with Crippen molar-refractivity contribution in [3.8, 4) is 0 Å². The number of ketones is 1. The molecule has 0 aliphatic heterocycles. The number of nitrogens with zero attached hydrogens (tertiary/aromatic N) is 1. The molecule has 0 spiro atoms. The van der Waals surface area contributed by atoms with E-state index in [0.717, 1.165) is 5.56 Å². The highest BCUT2D eigenvalue weighted by molar-refractivity contribution is 6.38. The van der Waals surface area contributed by atoms with Gasteiger partial charge in [0.05, 0.1) is 0 Å². The number of Topliss-reactive ketones (excluding diaryl/α,β-unsaturated/α-hetero) is 1. The fourth-order valence-corrected chi connectivity index (χ4v) is 3.77. The Labute approximate surface area is 231 Å². The topological polar surface area (TPSA) is 170 Å². The molecule has 11 heteroatoms. The van der Waals surface area contributed by atoms with E-state index in [-0.39, 0.29) is 19.4 Å². The number of nitrogens with two attached hydrogens (primary N) is 1. The van der Waals surface area contributed by atoms with Gasteiger partial charge in [-0.05, 0) is 35.7 Å². The van der Waals surface area contributed by atoms with Crippen LogP contribution < -0.4 is 21.7 Å². The number of pyridine rings is 1. The summed E-state index contributed by atoms with van der Waals surface area (Å²) in [4.78, 5) is 66.7. The predicted molar refractivity (Wildman–Crippen MR) is 145 cm³/mol. The van der Waals surface area contributed by atoms with Crippen LogP contribution in [0.1, 0.15) is 23.6 Å². The highest BCUT2D eigenvalue weighted by Gasteiger charge is 2.30. The summed E-state index contributed by atoms with van der Waals surface area (Å²) in [6, 6.07) is 17.7. The zero-order valence-electron chi connectivity index (χ0n) is 21.9. The average Bonchev–Trinajstić information content (AvgIpc) is 2.96. The van der Waals surface area contributed by atoms with Gasteiger partial charge in [-0.15, -0.1) is 0 Å². The van der Waals surface area contributed by atoms with E-state index in [1.54, 1.807) is 54.6 Å². The molecule has 4 amide bonds. The summed E-state index contributed by atoms with van der Waals surface area (Å²) in [6.07, 6.45) is 2.34. The van der Waals surface area contributed by atoms with Crippen molar-refractivity contribution in [3.05, 3.63) is 102 Å². The summed E-state index contributed by atoms with van der Waals surface area (Å²) in [5.41, 5.74) is 7.38. The summed E-state index contributed by atoms with van der Waals surface area (Å²) >= 11 is 0. The summed E-state index contributed by atoms with van der Waals surface area (Å²) < 4.78 is 5.16. The van der Waals surface area contributed by atoms with Crippen molar-refractivity contribution >= 4 is 29.6 Å². The summed E-state index contributed by atoms with van der Waals surface area (Å²) in [5.74, 6) is -3.53. The summed E-state index contributed by atoms with van der Waals surface area (Å²) in [7, 11) is 0. The second-order valence-corrected chi connectivity index (χ2v) is 9.03. The highest BCUT2D eigenvalue weighted by atomic mass is 16.5. The van der Waals surface area contributed by atoms with Gasteiger partial charge in [0.2, 0.25) is 17.6 Å². The minimum absolute atomic E-state index is 0.0186. The molecule has 2 aromatic carbocycles. The van der Waals surface area contributed by atoms with Gasteiger partial charge >= 0.3 is 6.09 Å². The number of alkyl carbamates (subject to hydrolysis) is 1. The molecule has 208 valence electrons. The van der Waals surface area contributed by atoms with Gasteiger partial charge in [0.15, 0.2) is 0 Å². The van der Waals surface area contributed by atoms with Crippen LogP contribution in [0.3, 0.4) is 0 Å². The zero-order valence-corrected chi connectivity index (χ0v) is 21.9. The standard InChI is InChI=1S/C29H31N5O6/c1-19(32-29(39)40-18-22-10-6-3-7-11-22)27(37)34-24(17-21-12-14-31-15-13-21)28(38)33-23(25(35)26(30)36)16-20-8-4-2-5-9-20/h2-15,19,23-24H,16-18H2,1H3,(H2,30,36)(H,32,39)(H,33,38)(H,34,37). The van der Waals surface area contributed by atoms with E-state index < -0.39 is 47.7 Å².